The largest absolute Gasteiger partial charge is 0.497 e. The second-order valence-electron chi connectivity index (χ2n) is 2.91. The van der Waals surface area contributed by atoms with Crippen molar-refractivity contribution in [3.05, 3.63) is 48.6 Å². The number of allylic oxidation sites excluding steroid dienone is 2. The Bertz CT molecular complexity index is 391. The number of ether oxygens (including phenoxy) is 1. The Morgan fingerprint density at radius 3 is 2.40 bits per heavy atom. The number of rotatable bonds is 4. The minimum Gasteiger partial charge on any atom is -0.497 e. The van der Waals surface area contributed by atoms with Crippen LogP contribution in [0.1, 0.15) is 5.56 Å². The van der Waals surface area contributed by atoms with Crippen LogP contribution in [-0.2, 0) is 4.79 Å². The molecule has 0 bridgehead atoms. The van der Waals surface area contributed by atoms with Crippen LogP contribution in [-0.4, -0.2) is 13.0 Å². The van der Waals surface area contributed by atoms with Crippen molar-refractivity contribution in [1.29, 1.82) is 0 Å². The third-order valence-corrected chi connectivity index (χ3v) is 1.95. The fourth-order valence-electron chi connectivity index (χ4n) is 1.21. The Labute approximate surface area is 88.9 Å². The van der Waals surface area contributed by atoms with Gasteiger partial charge in [0.05, 0.1) is 7.11 Å². The summed E-state index contributed by atoms with van der Waals surface area (Å²) in [6, 6.07) is 7.10. The lowest BCUT2D eigenvalue weighted by Crippen LogP contribution is -2.12. The number of methoxy groups -OCH3 is 1. The predicted molar refractivity (Wildman–Crippen MR) is 60.4 cm³/mol. The first-order chi connectivity index (χ1) is 7.19. The molecule has 78 valence electrons. The fourth-order valence-corrected chi connectivity index (χ4v) is 1.21. The van der Waals surface area contributed by atoms with E-state index in [1.54, 1.807) is 37.5 Å². The molecule has 0 fully saturated rings. The van der Waals surface area contributed by atoms with Crippen molar-refractivity contribution < 1.29 is 9.53 Å². The van der Waals surface area contributed by atoms with Crippen LogP contribution < -0.4 is 10.5 Å². The summed E-state index contributed by atoms with van der Waals surface area (Å²) in [6.45, 7) is 3.53. The molecule has 1 aromatic rings. The molecule has 0 aliphatic heterocycles. The number of carbonyl (C=O) groups is 1. The van der Waals surface area contributed by atoms with Crippen LogP contribution in [0.3, 0.4) is 0 Å². The summed E-state index contributed by atoms with van der Waals surface area (Å²) >= 11 is 0. The summed E-state index contributed by atoms with van der Waals surface area (Å²) in [5.41, 5.74) is 6.43. The van der Waals surface area contributed by atoms with Gasteiger partial charge in [-0.1, -0.05) is 24.8 Å². The van der Waals surface area contributed by atoms with E-state index in [0.29, 0.717) is 5.57 Å². The molecule has 3 heteroatoms. The number of primary amides is 1. The average Bonchev–Trinajstić information content (AvgIpc) is 2.26. The molecule has 0 atom stereocenters. The van der Waals surface area contributed by atoms with Crippen molar-refractivity contribution in [2.24, 2.45) is 5.73 Å². The van der Waals surface area contributed by atoms with Gasteiger partial charge in [-0.25, -0.2) is 0 Å². The first-order valence-corrected chi connectivity index (χ1v) is 4.46. The van der Waals surface area contributed by atoms with Crippen molar-refractivity contribution in [1.82, 2.24) is 0 Å². The molecule has 0 saturated heterocycles. The van der Waals surface area contributed by atoms with E-state index in [1.165, 1.54) is 6.08 Å². The molecule has 1 amide bonds. The summed E-state index contributed by atoms with van der Waals surface area (Å²) in [5.74, 6) is 0.265. The second-order valence-corrected chi connectivity index (χ2v) is 2.91. The standard InChI is InChI=1S/C12H13NO2/c1-3-4-11(12(13)14)9-5-7-10(15-2)8-6-9/h3-8H,1H2,2H3,(H2,13,14). The van der Waals surface area contributed by atoms with E-state index in [9.17, 15) is 4.79 Å². The van der Waals surface area contributed by atoms with Crippen molar-refractivity contribution in [3.63, 3.8) is 0 Å². The molecule has 0 radical (unpaired) electrons. The van der Waals surface area contributed by atoms with Gasteiger partial charge in [0.25, 0.3) is 0 Å². The third kappa shape index (κ3) is 2.71. The Balaban J connectivity index is 3.07. The van der Waals surface area contributed by atoms with Gasteiger partial charge in [0.15, 0.2) is 0 Å². The van der Waals surface area contributed by atoms with Gasteiger partial charge < -0.3 is 10.5 Å². The quantitative estimate of drug-likeness (QED) is 0.598. The number of amides is 1. The van der Waals surface area contributed by atoms with Crippen molar-refractivity contribution in [2.75, 3.05) is 7.11 Å². The monoisotopic (exact) mass is 203 g/mol. The van der Waals surface area contributed by atoms with Gasteiger partial charge in [-0.05, 0) is 23.8 Å². The highest BCUT2D eigenvalue weighted by atomic mass is 16.5. The first kappa shape index (κ1) is 11.0. The Hall–Kier alpha value is -2.03. The van der Waals surface area contributed by atoms with Crippen LogP contribution in [0.25, 0.3) is 5.57 Å². The highest BCUT2D eigenvalue weighted by molar-refractivity contribution is 6.19. The van der Waals surface area contributed by atoms with E-state index < -0.39 is 5.91 Å². The van der Waals surface area contributed by atoms with E-state index in [0.717, 1.165) is 11.3 Å². The third-order valence-electron chi connectivity index (χ3n) is 1.95. The lowest BCUT2D eigenvalue weighted by molar-refractivity contribution is -0.112. The summed E-state index contributed by atoms with van der Waals surface area (Å²) in [5, 5.41) is 0. The second kappa shape index (κ2) is 5.00. The van der Waals surface area contributed by atoms with Gasteiger partial charge in [-0.2, -0.15) is 0 Å². The molecule has 0 heterocycles. The molecule has 3 nitrogen and oxygen atoms in total. The lowest BCUT2D eigenvalue weighted by Gasteiger charge is -2.04. The maximum Gasteiger partial charge on any atom is 0.249 e. The minimum atomic E-state index is -0.472. The first-order valence-electron chi connectivity index (χ1n) is 4.46. The highest BCUT2D eigenvalue weighted by Crippen LogP contribution is 2.18. The van der Waals surface area contributed by atoms with Gasteiger partial charge >= 0.3 is 0 Å². The number of carbonyl (C=O) groups excluding carboxylic acids is 1. The maximum absolute atomic E-state index is 11.1. The van der Waals surface area contributed by atoms with Gasteiger partial charge in [0.1, 0.15) is 5.75 Å². The van der Waals surface area contributed by atoms with E-state index in [4.69, 9.17) is 10.5 Å². The van der Waals surface area contributed by atoms with Crippen molar-refractivity contribution in [2.45, 2.75) is 0 Å². The number of nitrogens with two attached hydrogens (primary N) is 1. The van der Waals surface area contributed by atoms with Gasteiger partial charge in [-0.3, -0.25) is 4.79 Å². The predicted octanol–water partition coefficient (Wildman–Crippen LogP) is 1.75. The Morgan fingerprint density at radius 1 is 1.40 bits per heavy atom. The van der Waals surface area contributed by atoms with Crippen LogP contribution in [0, 0.1) is 0 Å². The topological polar surface area (TPSA) is 52.3 Å². The summed E-state index contributed by atoms with van der Waals surface area (Å²) in [6.07, 6.45) is 3.12. The van der Waals surface area contributed by atoms with E-state index in [-0.39, 0.29) is 0 Å². The summed E-state index contributed by atoms with van der Waals surface area (Å²) in [7, 11) is 1.59. The number of hydrogen-bond donors (Lipinski definition) is 1. The van der Waals surface area contributed by atoms with Gasteiger partial charge in [0.2, 0.25) is 5.91 Å². The smallest absolute Gasteiger partial charge is 0.249 e. The molecule has 0 aromatic heterocycles. The Morgan fingerprint density at radius 2 is 2.00 bits per heavy atom. The summed E-state index contributed by atoms with van der Waals surface area (Å²) < 4.78 is 5.01. The lowest BCUT2D eigenvalue weighted by atomic mass is 10.1. The molecule has 2 N–H and O–H groups in total. The molecular weight excluding hydrogens is 190 g/mol. The summed E-state index contributed by atoms with van der Waals surface area (Å²) in [4.78, 5) is 11.1. The number of hydrogen-bond acceptors (Lipinski definition) is 2. The van der Waals surface area contributed by atoms with Crippen LogP contribution in [0.4, 0.5) is 0 Å². The molecule has 1 rings (SSSR count). The SMILES string of the molecule is C=CC=C(C(N)=O)c1ccc(OC)cc1. The highest BCUT2D eigenvalue weighted by Gasteiger charge is 2.06. The van der Waals surface area contributed by atoms with Crippen LogP contribution in [0.5, 0.6) is 5.75 Å². The molecule has 0 spiro atoms. The zero-order chi connectivity index (χ0) is 11.3. The minimum absolute atomic E-state index is 0.438. The molecule has 15 heavy (non-hydrogen) atoms. The number of benzene rings is 1. The van der Waals surface area contributed by atoms with E-state index in [2.05, 4.69) is 6.58 Å². The zero-order valence-electron chi connectivity index (χ0n) is 8.57. The zero-order valence-corrected chi connectivity index (χ0v) is 8.57. The molecule has 0 unspecified atom stereocenters. The van der Waals surface area contributed by atoms with Gasteiger partial charge in [0, 0.05) is 5.57 Å². The normalized spacial score (nSPS) is 10.9. The van der Waals surface area contributed by atoms with Crippen molar-refractivity contribution >= 4 is 11.5 Å². The average molecular weight is 203 g/mol. The fraction of sp³-hybridized carbons (Fsp3) is 0.0833. The van der Waals surface area contributed by atoms with Crippen molar-refractivity contribution in [3.8, 4) is 5.75 Å². The van der Waals surface area contributed by atoms with E-state index >= 15 is 0 Å². The van der Waals surface area contributed by atoms with E-state index in [1.807, 2.05) is 0 Å². The molecule has 1 aromatic carbocycles. The molecule has 0 saturated carbocycles. The maximum atomic E-state index is 11.1. The van der Waals surface area contributed by atoms with Crippen LogP contribution in [0.2, 0.25) is 0 Å². The Kier molecular flexibility index (Phi) is 3.68. The molecular formula is C12H13NO2. The van der Waals surface area contributed by atoms with Crippen LogP contribution in [0.15, 0.2) is 43.0 Å². The molecule has 0 aliphatic carbocycles. The molecule has 0 aliphatic rings. The van der Waals surface area contributed by atoms with Crippen LogP contribution >= 0.6 is 0 Å². The van der Waals surface area contributed by atoms with Gasteiger partial charge in [-0.15, -0.1) is 0 Å².